The van der Waals surface area contributed by atoms with Crippen LogP contribution in [0.15, 0.2) is 18.2 Å². The molecular formula is C15H20F3N3O. The van der Waals surface area contributed by atoms with E-state index in [1.807, 2.05) is 6.92 Å². The van der Waals surface area contributed by atoms with E-state index in [1.54, 1.807) is 18.5 Å². The van der Waals surface area contributed by atoms with Gasteiger partial charge in [0.25, 0.3) is 0 Å². The largest absolute Gasteiger partial charge is 0.416 e. The van der Waals surface area contributed by atoms with Crippen LogP contribution in [0.4, 0.5) is 13.2 Å². The number of alkyl halides is 3. The molecule has 22 heavy (non-hydrogen) atoms. The Kier molecular flexibility index (Phi) is 4.77. The highest BCUT2D eigenvalue weighted by molar-refractivity contribution is 5.77. The molecule has 1 heterocycles. The zero-order valence-corrected chi connectivity index (χ0v) is 12.8. The summed E-state index contributed by atoms with van der Waals surface area (Å²) >= 11 is 0. The molecule has 122 valence electrons. The fourth-order valence-electron chi connectivity index (χ4n) is 2.38. The highest BCUT2D eigenvalue weighted by atomic mass is 19.4. The molecule has 0 saturated heterocycles. The molecule has 0 unspecified atom stereocenters. The summed E-state index contributed by atoms with van der Waals surface area (Å²) < 4.78 is 40.0. The van der Waals surface area contributed by atoms with E-state index in [4.69, 9.17) is 0 Å². The first kappa shape index (κ1) is 16.8. The van der Waals surface area contributed by atoms with Gasteiger partial charge in [0.1, 0.15) is 5.82 Å². The van der Waals surface area contributed by atoms with Crippen molar-refractivity contribution < 1.29 is 18.3 Å². The van der Waals surface area contributed by atoms with E-state index in [9.17, 15) is 18.3 Å². The third-order valence-electron chi connectivity index (χ3n) is 3.64. The minimum Gasteiger partial charge on any atom is -0.393 e. The first-order valence-corrected chi connectivity index (χ1v) is 7.15. The predicted octanol–water partition coefficient (Wildman–Crippen LogP) is 3.01. The Labute approximate surface area is 127 Å². The van der Waals surface area contributed by atoms with Gasteiger partial charge >= 0.3 is 6.18 Å². The normalized spacial score (nSPS) is 15.2. The molecule has 0 spiro atoms. The third kappa shape index (κ3) is 3.59. The zero-order chi connectivity index (χ0) is 16.5. The number of aliphatic hydroxyl groups excluding tert-OH is 1. The summed E-state index contributed by atoms with van der Waals surface area (Å²) in [5.41, 5.74) is 0.294. The van der Waals surface area contributed by atoms with Crippen molar-refractivity contribution in [1.82, 2.24) is 14.9 Å². The van der Waals surface area contributed by atoms with Crippen LogP contribution in [0.1, 0.15) is 37.7 Å². The summed E-state index contributed by atoms with van der Waals surface area (Å²) in [4.78, 5) is 4.32. The van der Waals surface area contributed by atoms with Crippen molar-refractivity contribution in [2.75, 3.05) is 6.54 Å². The van der Waals surface area contributed by atoms with Gasteiger partial charge in [0.05, 0.1) is 28.7 Å². The average molecular weight is 315 g/mol. The van der Waals surface area contributed by atoms with E-state index >= 15 is 0 Å². The Balaban J connectivity index is 2.26. The lowest BCUT2D eigenvalue weighted by molar-refractivity contribution is -0.137. The summed E-state index contributed by atoms with van der Waals surface area (Å²) in [6.07, 6.45) is -4.16. The number of hydrogen-bond acceptors (Lipinski definition) is 3. The van der Waals surface area contributed by atoms with Gasteiger partial charge in [0, 0.05) is 7.05 Å². The number of imidazole rings is 1. The highest BCUT2D eigenvalue weighted by Gasteiger charge is 2.31. The van der Waals surface area contributed by atoms with Gasteiger partial charge in [-0.15, -0.1) is 0 Å². The van der Waals surface area contributed by atoms with Crippen molar-refractivity contribution in [2.24, 2.45) is 7.05 Å². The van der Waals surface area contributed by atoms with E-state index in [0.717, 1.165) is 12.1 Å². The van der Waals surface area contributed by atoms with Gasteiger partial charge in [0.2, 0.25) is 0 Å². The van der Waals surface area contributed by atoms with E-state index in [1.165, 1.54) is 6.07 Å². The molecule has 2 aromatic rings. The number of rotatable bonds is 5. The van der Waals surface area contributed by atoms with E-state index in [-0.39, 0.29) is 6.04 Å². The van der Waals surface area contributed by atoms with E-state index in [0.29, 0.717) is 29.8 Å². The molecule has 0 radical (unpaired) electrons. The maximum absolute atomic E-state index is 12.8. The van der Waals surface area contributed by atoms with Gasteiger partial charge in [-0.3, -0.25) is 0 Å². The first-order chi connectivity index (χ1) is 10.2. The number of nitrogens with one attached hydrogen (secondary N) is 1. The van der Waals surface area contributed by atoms with Crippen LogP contribution >= 0.6 is 0 Å². The van der Waals surface area contributed by atoms with Crippen LogP contribution in [-0.4, -0.2) is 27.3 Å². The third-order valence-corrected chi connectivity index (χ3v) is 3.64. The summed E-state index contributed by atoms with van der Waals surface area (Å²) in [7, 11) is 1.78. The summed E-state index contributed by atoms with van der Waals surface area (Å²) in [6, 6.07) is 3.46. The molecule has 4 nitrogen and oxygen atoms in total. The molecule has 0 aliphatic rings. The second-order valence-electron chi connectivity index (χ2n) is 5.54. The fraction of sp³-hybridized carbons (Fsp3) is 0.533. The summed E-state index contributed by atoms with van der Waals surface area (Å²) in [5.74, 6) is 0.667. The predicted molar refractivity (Wildman–Crippen MR) is 78.4 cm³/mol. The summed E-state index contributed by atoms with van der Waals surface area (Å²) in [5, 5.41) is 12.5. The van der Waals surface area contributed by atoms with Crippen LogP contribution in [0.3, 0.4) is 0 Å². The van der Waals surface area contributed by atoms with Crippen molar-refractivity contribution in [2.45, 2.75) is 38.6 Å². The van der Waals surface area contributed by atoms with Crippen LogP contribution in [0.5, 0.6) is 0 Å². The fourth-order valence-corrected chi connectivity index (χ4v) is 2.38. The molecule has 0 amide bonds. The lowest BCUT2D eigenvalue weighted by atomic mass is 10.2. The van der Waals surface area contributed by atoms with Gasteiger partial charge < -0.3 is 15.0 Å². The van der Waals surface area contributed by atoms with Gasteiger partial charge in [-0.05, 0) is 45.0 Å². The molecule has 2 rings (SSSR count). The lowest BCUT2D eigenvalue weighted by Gasteiger charge is -2.14. The molecule has 1 aromatic carbocycles. The molecular weight excluding hydrogens is 295 g/mol. The quantitative estimate of drug-likeness (QED) is 0.892. The highest BCUT2D eigenvalue weighted by Crippen LogP contribution is 2.31. The Hall–Kier alpha value is -1.60. The number of aliphatic hydroxyl groups is 1. The van der Waals surface area contributed by atoms with Gasteiger partial charge in [-0.2, -0.15) is 13.2 Å². The topological polar surface area (TPSA) is 50.1 Å². The molecule has 2 atom stereocenters. The molecule has 0 aliphatic heterocycles. The SMILES string of the molecule is C[C@H](O)CCN[C@@H](C)c1nc2cc(C(F)(F)F)ccc2n1C. The minimum atomic E-state index is -4.37. The molecule has 0 bridgehead atoms. The Bertz CT molecular complexity index is 649. The Morgan fingerprint density at radius 3 is 2.59 bits per heavy atom. The maximum atomic E-state index is 12.8. The molecule has 2 N–H and O–H groups in total. The molecule has 0 aliphatic carbocycles. The molecule has 1 aromatic heterocycles. The average Bonchev–Trinajstić information content (AvgIpc) is 2.74. The van der Waals surface area contributed by atoms with Crippen molar-refractivity contribution in [3.05, 3.63) is 29.6 Å². The Morgan fingerprint density at radius 1 is 1.32 bits per heavy atom. The number of aromatic nitrogens is 2. The van der Waals surface area contributed by atoms with Crippen molar-refractivity contribution in [3.8, 4) is 0 Å². The van der Waals surface area contributed by atoms with Gasteiger partial charge in [0.15, 0.2) is 0 Å². The van der Waals surface area contributed by atoms with Crippen LogP contribution in [0, 0.1) is 0 Å². The van der Waals surface area contributed by atoms with Gasteiger partial charge in [-0.1, -0.05) is 0 Å². The monoisotopic (exact) mass is 315 g/mol. The second kappa shape index (κ2) is 6.26. The van der Waals surface area contributed by atoms with Crippen molar-refractivity contribution in [3.63, 3.8) is 0 Å². The number of aryl methyl sites for hydroxylation is 1. The number of benzene rings is 1. The van der Waals surface area contributed by atoms with Crippen LogP contribution < -0.4 is 5.32 Å². The maximum Gasteiger partial charge on any atom is 0.416 e. The van der Waals surface area contributed by atoms with Crippen molar-refractivity contribution >= 4 is 11.0 Å². The van der Waals surface area contributed by atoms with E-state index in [2.05, 4.69) is 10.3 Å². The lowest BCUT2D eigenvalue weighted by Crippen LogP contribution is -2.24. The first-order valence-electron chi connectivity index (χ1n) is 7.15. The standard InChI is InChI=1S/C15H20F3N3O/c1-9(22)6-7-19-10(2)14-20-12-8-11(15(16,17)18)4-5-13(12)21(14)3/h4-5,8-10,19,22H,6-7H2,1-3H3/t9-,10-/m0/s1. The minimum absolute atomic E-state index is 0.120. The Morgan fingerprint density at radius 2 is 2.00 bits per heavy atom. The smallest absolute Gasteiger partial charge is 0.393 e. The van der Waals surface area contributed by atoms with Crippen LogP contribution in [0.2, 0.25) is 0 Å². The van der Waals surface area contributed by atoms with Crippen molar-refractivity contribution in [1.29, 1.82) is 0 Å². The van der Waals surface area contributed by atoms with Crippen LogP contribution in [-0.2, 0) is 13.2 Å². The summed E-state index contributed by atoms with van der Waals surface area (Å²) in [6.45, 7) is 4.21. The molecule has 0 fully saturated rings. The number of hydrogen-bond donors (Lipinski definition) is 2. The van der Waals surface area contributed by atoms with Gasteiger partial charge in [-0.25, -0.2) is 4.98 Å². The number of halogens is 3. The van der Waals surface area contributed by atoms with Crippen LogP contribution in [0.25, 0.3) is 11.0 Å². The van der Waals surface area contributed by atoms with E-state index < -0.39 is 17.8 Å². The number of nitrogens with zero attached hydrogens (tertiary/aromatic N) is 2. The molecule has 0 saturated carbocycles. The zero-order valence-electron chi connectivity index (χ0n) is 12.8. The second-order valence-corrected chi connectivity index (χ2v) is 5.54. The number of fused-ring (bicyclic) bond motifs is 1. The molecule has 7 heteroatoms.